The molecule has 6 aromatic rings. The fourth-order valence-electron chi connectivity index (χ4n) is 17.5. The van der Waals surface area contributed by atoms with E-state index in [1.807, 2.05) is 90.1 Å². The average molecular weight is 1750 g/mol. The van der Waals surface area contributed by atoms with Crippen LogP contribution in [-0.2, 0) is 69.5 Å². The third-order valence-corrected chi connectivity index (χ3v) is 28.8. The highest BCUT2D eigenvalue weighted by Crippen LogP contribution is 2.64. The normalized spacial score (nSPS) is 22.9. The predicted molar refractivity (Wildman–Crippen MR) is 427 cm³/mol. The summed E-state index contributed by atoms with van der Waals surface area (Å²) in [5.74, 6) is -22.7. The monoisotopic (exact) mass is 1750 g/mol. The summed E-state index contributed by atoms with van der Waals surface area (Å²) in [6.45, 7) is 9.85. The van der Waals surface area contributed by atoms with E-state index in [1.54, 1.807) is 0 Å². The van der Waals surface area contributed by atoms with Crippen molar-refractivity contribution in [2.24, 2.45) is 51.2 Å². The lowest BCUT2D eigenvalue weighted by molar-refractivity contribution is -0.285. The van der Waals surface area contributed by atoms with Crippen molar-refractivity contribution in [3.63, 3.8) is 0 Å². The summed E-state index contributed by atoms with van der Waals surface area (Å²) in [4.78, 5) is 83.7. The van der Waals surface area contributed by atoms with Crippen LogP contribution in [0.5, 0.6) is 11.5 Å². The maximum absolute atomic E-state index is 14.2. The van der Waals surface area contributed by atoms with E-state index in [9.17, 15) is 95.3 Å². The minimum absolute atomic E-state index is 0.0514. The van der Waals surface area contributed by atoms with Gasteiger partial charge in [0.2, 0.25) is 0 Å². The van der Waals surface area contributed by atoms with Crippen LogP contribution in [0.4, 0.5) is 61.5 Å². The first-order chi connectivity index (χ1) is 56.5. The molecular weight excluding hydrogens is 1640 g/mol. The van der Waals surface area contributed by atoms with Crippen molar-refractivity contribution in [1.29, 1.82) is 0 Å². The van der Waals surface area contributed by atoms with E-state index < -0.39 is 150 Å². The smallest absolute Gasteiger partial charge is 0.428 e. The fourth-order valence-corrected chi connectivity index (χ4v) is 21.7. The van der Waals surface area contributed by atoms with Gasteiger partial charge in [0.15, 0.2) is 29.4 Å². The van der Waals surface area contributed by atoms with Gasteiger partial charge in [-0.1, -0.05) is 86.6 Å². The Morgan fingerprint density at radius 3 is 0.909 bits per heavy atom. The van der Waals surface area contributed by atoms with Crippen molar-refractivity contribution in [2.75, 3.05) is 26.4 Å². The van der Waals surface area contributed by atoms with Gasteiger partial charge >= 0.3 is 59.9 Å². The molecule has 121 heavy (non-hydrogen) atoms. The summed E-state index contributed by atoms with van der Waals surface area (Å²) in [7, 11) is -0.390. The molecule has 8 aliphatic carbocycles. The topological polar surface area (TPSA) is 178 Å². The van der Waals surface area contributed by atoms with Gasteiger partial charge in [-0.15, -0.1) is 0 Å². The molecule has 662 valence electrons. The number of Topliss-reactive ketones (excluding diaryl/α,β-unsaturated/α-hetero) is 2. The number of esters is 4. The van der Waals surface area contributed by atoms with Crippen molar-refractivity contribution < 1.29 is 124 Å². The molecule has 14 rings (SSSR count). The highest BCUT2D eigenvalue weighted by Gasteiger charge is 2.70. The Balaban J connectivity index is 0.000000184. The van der Waals surface area contributed by atoms with E-state index in [4.69, 9.17) is 9.47 Å². The van der Waals surface area contributed by atoms with Crippen molar-refractivity contribution in [3.05, 3.63) is 170 Å². The highest BCUT2D eigenvalue weighted by molar-refractivity contribution is 7.97. The Bertz CT molecular complexity index is 4170. The summed E-state index contributed by atoms with van der Waals surface area (Å²) >= 11 is 0. The SMILES string of the molecule is CCC(C)(C)C(=O)Oc1ccc([S+](c2ccccc2)c2ccccc2)cc1.CCC(C)(C)C(=O)Oc1ccc([S+](c2ccccc2)c2ccccc2)cc1.CCOC(=O)C(CC(=O)C12CC3CC(CC(C3)C1)C2)(OCCC(F)(F)C(C)(F)F)C(F)(F)F.CCOC(=O)C(CC(=O)C12CC3CC(CC(O)(C3)C1)C2)(OCCC(F)(F)C(C)(F)F)C(F)(F)F. The van der Waals surface area contributed by atoms with E-state index >= 15 is 0 Å². The van der Waals surface area contributed by atoms with E-state index in [1.165, 1.54) is 43.2 Å². The number of ketones is 2. The number of alkyl halides is 14. The molecule has 8 aliphatic rings. The van der Waals surface area contributed by atoms with Crippen LogP contribution in [0, 0.1) is 51.2 Å². The van der Waals surface area contributed by atoms with Crippen LogP contribution in [0.2, 0.25) is 0 Å². The number of aliphatic hydroxyl groups is 1. The van der Waals surface area contributed by atoms with E-state index in [2.05, 4.69) is 140 Å². The quantitative estimate of drug-likeness (QED) is 0.0183. The minimum atomic E-state index is -5.56. The third-order valence-electron chi connectivity index (χ3n) is 24.3. The lowest BCUT2D eigenvalue weighted by Crippen LogP contribution is -2.62. The number of halogens is 14. The van der Waals surface area contributed by atoms with Gasteiger partial charge in [-0.3, -0.25) is 19.2 Å². The van der Waals surface area contributed by atoms with Crippen molar-refractivity contribution in [3.8, 4) is 11.5 Å². The van der Waals surface area contributed by atoms with E-state index in [0.29, 0.717) is 43.6 Å². The van der Waals surface area contributed by atoms with Gasteiger partial charge in [0, 0.05) is 37.5 Å². The zero-order valence-electron chi connectivity index (χ0n) is 69.6. The molecule has 1 N–H and O–H groups in total. The maximum Gasteiger partial charge on any atom is 0.428 e. The van der Waals surface area contributed by atoms with E-state index in [0.717, 1.165) is 38.5 Å². The van der Waals surface area contributed by atoms with Gasteiger partial charge in [-0.05, 0) is 258 Å². The summed E-state index contributed by atoms with van der Waals surface area (Å²) < 4.78 is 222. The second-order valence-corrected chi connectivity index (χ2v) is 38.5. The number of ether oxygens (including phenoxy) is 6. The number of benzene rings is 6. The van der Waals surface area contributed by atoms with Crippen LogP contribution in [-0.4, -0.2) is 120 Å². The first-order valence-corrected chi connectivity index (χ1v) is 43.3. The maximum atomic E-state index is 14.2. The molecule has 8 bridgehead atoms. The molecule has 8 saturated carbocycles. The van der Waals surface area contributed by atoms with Crippen molar-refractivity contribution in [1.82, 2.24) is 0 Å². The average Bonchev–Trinajstić information content (AvgIpc) is 0.714. The van der Waals surface area contributed by atoms with Gasteiger partial charge < -0.3 is 33.5 Å². The minimum Gasteiger partial charge on any atom is -0.464 e. The number of hydrogen-bond acceptors (Lipinski definition) is 13. The fraction of sp³-hybridized carbons (Fsp3) is 0.543. The number of carbonyl (C=O) groups excluding carboxylic acids is 6. The molecule has 4 unspecified atom stereocenters. The van der Waals surface area contributed by atoms with Crippen LogP contribution < -0.4 is 9.47 Å². The molecule has 8 fully saturated rings. The lowest BCUT2D eigenvalue weighted by Gasteiger charge is -2.59. The van der Waals surface area contributed by atoms with Crippen LogP contribution in [0.3, 0.4) is 0 Å². The van der Waals surface area contributed by atoms with Crippen LogP contribution in [0.25, 0.3) is 0 Å². The summed E-state index contributed by atoms with van der Waals surface area (Å²) in [6, 6.07) is 57.8. The zero-order chi connectivity index (χ0) is 89.2. The molecule has 0 aliphatic heterocycles. The molecular formula is C92H108F14O13S2+2. The van der Waals surface area contributed by atoms with E-state index in [-0.39, 0.29) is 96.4 Å². The Hall–Kier alpha value is -7.86. The predicted octanol–water partition coefficient (Wildman–Crippen LogP) is 22.8. The first-order valence-electron chi connectivity index (χ1n) is 40.9. The molecule has 6 aromatic carbocycles. The van der Waals surface area contributed by atoms with Crippen LogP contribution in [0.15, 0.2) is 199 Å². The first kappa shape index (κ1) is 97.0. The molecule has 4 atom stereocenters. The highest BCUT2D eigenvalue weighted by atomic mass is 32.2. The summed E-state index contributed by atoms with van der Waals surface area (Å²) in [6.07, 6.45) is -9.96. The molecule has 13 nitrogen and oxygen atoms in total. The van der Waals surface area contributed by atoms with Crippen molar-refractivity contribution >= 4 is 57.2 Å². The Morgan fingerprint density at radius 2 is 0.645 bits per heavy atom. The van der Waals surface area contributed by atoms with Crippen LogP contribution in [0.1, 0.15) is 185 Å². The third kappa shape index (κ3) is 23.0. The van der Waals surface area contributed by atoms with Gasteiger partial charge in [-0.25, -0.2) is 27.2 Å². The van der Waals surface area contributed by atoms with Crippen LogP contribution >= 0.6 is 0 Å². The largest absolute Gasteiger partial charge is 0.464 e. The Morgan fingerprint density at radius 1 is 0.372 bits per heavy atom. The standard InChI is InChI=1S/2C24H25O2S.C22H29F7O5.C22H29F7O4/c2*1-4-24(2,3)23(25)26-19-15-17-22(18-16-19)27(20-11-7-5-8-12-20)21-13-9-6-10-14-21;1-3-33-16(31)20(22(27,28)29,34-5-4-21(25,26)17(2,23)24)11-15(30)18-7-13-6-14(8-18)10-19(32,9-13)12-18;1-3-32-17(31)20(22(27,28)29,33-5-4-21(25,26)18(2,23)24)12-16(30)19-9-13-6-14(10-19)8-15(7-13)11-19/h2*5-18H,4H2,1-3H3;13-14,32H,3-12H2,1-2H3;13-15H,3-12H2,1-2H3/q2*+1;;. The van der Waals surface area contributed by atoms with Gasteiger partial charge in [0.05, 0.1) is 77.5 Å². The molecule has 0 spiro atoms. The molecule has 0 aromatic heterocycles. The molecule has 0 heterocycles. The molecule has 0 radical (unpaired) electrons. The van der Waals surface area contributed by atoms with Gasteiger partial charge in [0.1, 0.15) is 23.1 Å². The summed E-state index contributed by atoms with van der Waals surface area (Å²) in [5, 5.41) is 10.8. The Labute approximate surface area is 703 Å². The lowest BCUT2D eigenvalue weighted by atomic mass is 9.46. The second-order valence-electron chi connectivity index (χ2n) is 34.4. The Kier molecular flexibility index (Phi) is 31.0. The number of rotatable bonds is 32. The second kappa shape index (κ2) is 38.7. The van der Waals surface area contributed by atoms with Gasteiger partial charge in [-0.2, -0.15) is 43.9 Å². The number of carbonyl (C=O) groups is 6. The number of hydrogen-bond donors (Lipinski definition) is 1. The molecule has 0 saturated heterocycles. The van der Waals surface area contributed by atoms with Gasteiger partial charge in [0.25, 0.3) is 11.2 Å². The molecule has 0 amide bonds. The molecule has 29 heteroatoms. The zero-order valence-corrected chi connectivity index (χ0v) is 71.2. The van der Waals surface area contributed by atoms with Crippen molar-refractivity contribution in [2.45, 2.75) is 267 Å². The summed E-state index contributed by atoms with van der Waals surface area (Å²) in [5.41, 5.74) is -12.2.